The van der Waals surface area contributed by atoms with Gasteiger partial charge >= 0.3 is 11.4 Å². The molecule has 0 radical (unpaired) electrons. The number of benzene rings is 1. The summed E-state index contributed by atoms with van der Waals surface area (Å²) in [4.78, 5) is 47.5. The van der Waals surface area contributed by atoms with Gasteiger partial charge < -0.3 is 10.3 Å². The number of aromatic nitrogens is 2. The minimum Gasteiger partial charge on any atom is -0.320 e. The van der Waals surface area contributed by atoms with E-state index >= 15 is 0 Å². The largest absolute Gasteiger partial charge is 0.326 e. The Morgan fingerprint density at radius 2 is 1.95 bits per heavy atom. The second kappa shape index (κ2) is 5.36. The van der Waals surface area contributed by atoms with E-state index in [4.69, 9.17) is 0 Å². The van der Waals surface area contributed by atoms with Gasteiger partial charge in [-0.3, -0.25) is 24.7 Å². The Bertz CT molecular complexity index is 813. The Morgan fingerprint density at radius 3 is 2.57 bits per heavy atom. The highest BCUT2D eigenvalue weighted by Crippen LogP contribution is 2.21. The highest BCUT2D eigenvalue weighted by atomic mass is 19.1. The van der Waals surface area contributed by atoms with Crippen molar-refractivity contribution < 1.29 is 14.1 Å². The maximum atomic E-state index is 13.1. The number of aromatic amines is 2. The van der Waals surface area contributed by atoms with Crippen molar-refractivity contribution in [3.05, 3.63) is 66.7 Å². The number of H-pyrrole nitrogens is 2. The number of nitrogens with one attached hydrogen (secondary N) is 3. The van der Waals surface area contributed by atoms with Crippen molar-refractivity contribution in [3.8, 4) is 0 Å². The molecule has 1 aromatic carbocycles. The van der Waals surface area contributed by atoms with Gasteiger partial charge in [0.2, 0.25) is 5.82 Å². The molecule has 0 atom stereocenters. The number of halogens is 1. The van der Waals surface area contributed by atoms with Gasteiger partial charge in [-0.1, -0.05) is 0 Å². The fraction of sp³-hybridized carbons (Fsp3) is 0. The zero-order valence-electron chi connectivity index (χ0n) is 10.2. The predicted octanol–water partition coefficient (Wildman–Crippen LogP) is 0.363. The lowest BCUT2D eigenvalue weighted by Gasteiger charge is -2.04. The number of hydrogen-bond donors (Lipinski definition) is 3. The van der Waals surface area contributed by atoms with Crippen molar-refractivity contribution in [3.63, 3.8) is 0 Å². The third-order valence-corrected chi connectivity index (χ3v) is 2.41. The van der Waals surface area contributed by atoms with Crippen molar-refractivity contribution in [2.75, 3.05) is 5.32 Å². The summed E-state index contributed by atoms with van der Waals surface area (Å²) < 4.78 is 13.1. The van der Waals surface area contributed by atoms with Crippen LogP contribution < -0.4 is 16.6 Å². The first kappa shape index (κ1) is 14.1. The summed E-state index contributed by atoms with van der Waals surface area (Å²) >= 11 is 0. The maximum absolute atomic E-state index is 13.1. The van der Waals surface area contributed by atoms with E-state index in [1.807, 2.05) is 4.98 Å². The standard InChI is InChI=1S/C11H7FN4O5/c12-6-2-1-5(3-8(6)16(20)21)13-10(18)7-4-9(17)15-11(19)14-7/h1-4H,(H,13,18)(H2,14,15,17,19). The number of amides is 1. The molecule has 1 heterocycles. The summed E-state index contributed by atoms with van der Waals surface area (Å²) in [5, 5.41) is 12.8. The van der Waals surface area contributed by atoms with Crippen molar-refractivity contribution >= 4 is 17.3 Å². The van der Waals surface area contributed by atoms with Crippen molar-refractivity contribution in [2.45, 2.75) is 0 Å². The van der Waals surface area contributed by atoms with E-state index in [1.165, 1.54) is 0 Å². The van der Waals surface area contributed by atoms with E-state index in [0.717, 1.165) is 24.3 Å². The fourth-order valence-electron chi connectivity index (χ4n) is 1.52. The summed E-state index contributed by atoms with van der Waals surface area (Å²) in [5.74, 6) is -1.93. The van der Waals surface area contributed by atoms with Crippen LogP contribution in [0.5, 0.6) is 0 Å². The van der Waals surface area contributed by atoms with Gasteiger partial charge in [0, 0.05) is 17.8 Å². The Hall–Kier alpha value is -3.30. The topological polar surface area (TPSA) is 138 Å². The summed E-state index contributed by atoms with van der Waals surface area (Å²) in [6.07, 6.45) is 0. The van der Waals surface area contributed by atoms with Crippen LogP contribution in [-0.2, 0) is 0 Å². The average Bonchev–Trinajstić information content (AvgIpc) is 2.39. The van der Waals surface area contributed by atoms with Gasteiger partial charge in [-0.25, -0.2) is 4.79 Å². The van der Waals surface area contributed by atoms with Crippen LogP contribution >= 0.6 is 0 Å². The first-order chi connectivity index (χ1) is 9.86. The normalized spacial score (nSPS) is 10.1. The molecule has 108 valence electrons. The quantitative estimate of drug-likeness (QED) is 0.554. The van der Waals surface area contributed by atoms with Gasteiger partial charge in [0.1, 0.15) is 5.69 Å². The van der Waals surface area contributed by atoms with Crippen LogP contribution in [-0.4, -0.2) is 20.8 Å². The SMILES string of the molecule is O=C(Nc1ccc(F)c([N+](=O)[O-])c1)c1cc(=O)[nH]c(=O)[nH]1. The molecule has 1 amide bonds. The van der Waals surface area contributed by atoms with E-state index in [2.05, 4.69) is 10.3 Å². The second-order valence-electron chi connectivity index (χ2n) is 3.88. The van der Waals surface area contributed by atoms with Crippen molar-refractivity contribution in [2.24, 2.45) is 0 Å². The number of hydrogen-bond acceptors (Lipinski definition) is 5. The zero-order chi connectivity index (χ0) is 15.6. The lowest BCUT2D eigenvalue weighted by molar-refractivity contribution is -0.387. The van der Waals surface area contributed by atoms with Gasteiger partial charge in [0.25, 0.3) is 11.5 Å². The predicted molar refractivity (Wildman–Crippen MR) is 68.7 cm³/mol. The summed E-state index contributed by atoms with van der Waals surface area (Å²) in [6, 6.07) is 3.58. The number of rotatable bonds is 3. The maximum Gasteiger partial charge on any atom is 0.326 e. The Balaban J connectivity index is 2.31. The second-order valence-corrected chi connectivity index (χ2v) is 3.88. The first-order valence-corrected chi connectivity index (χ1v) is 5.46. The van der Waals surface area contributed by atoms with E-state index < -0.39 is 33.6 Å². The van der Waals surface area contributed by atoms with Crippen molar-refractivity contribution in [1.29, 1.82) is 0 Å². The summed E-state index contributed by atoms with van der Waals surface area (Å²) in [6.45, 7) is 0. The third-order valence-electron chi connectivity index (χ3n) is 2.41. The number of carbonyl (C=O) groups is 1. The third kappa shape index (κ3) is 3.18. The Kier molecular flexibility index (Phi) is 3.61. The van der Waals surface area contributed by atoms with Crippen LogP contribution in [0.4, 0.5) is 15.8 Å². The number of nitrogens with zero attached hydrogens (tertiary/aromatic N) is 1. The van der Waals surface area contributed by atoms with E-state index in [-0.39, 0.29) is 11.4 Å². The molecule has 1 aromatic heterocycles. The van der Waals surface area contributed by atoms with Crippen molar-refractivity contribution in [1.82, 2.24) is 9.97 Å². The summed E-state index contributed by atoms with van der Waals surface area (Å²) in [5.41, 5.74) is -2.87. The molecule has 3 N–H and O–H groups in total. The minimum atomic E-state index is -1.05. The Labute approximate surface area is 114 Å². The lowest BCUT2D eigenvalue weighted by atomic mass is 10.2. The van der Waals surface area contributed by atoms with Crippen LogP contribution in [0.3, 0.4) is 0 Å². The molecule has 9 nitrogen and oxygen atoms in total. The molecule has 0 spiro atoms. The van der Waals surface area contributed by atoms with Gasteiger partial charge in [-0.2, -0.15) is 4.39 Å². The van der Waals surface area contributed by atoms with Gasteiger partial charge in [-0.05, 0) is 12.1 Å². The number of carbonyl (C=O) groups excluding carboxylic acids is 1. The van der Waals surface area contributed by atoms with E-state index in [0.29, 0.717) is 0 Å². The molecule has 0 saturated heterocycles. The molecule has 0 aliphatic carbocycles. The highest BCUT2D eigenvalue weighted by Gasteiger charge is 2.16. The van der Waals surface area contributed by atoms with Crippen LogP contribution in [0.2, 0.25) is 0 Å². The summed E-state index contributed by atoms with van der Waals surface area (Å²) in [7, 11) is 0. The van der Waals surface area contributed by atoms with Gasteiger partial charge in [0.05, 0.1) is 4.92 Å². The highest BCUT2D eigenvalue weighted by molar-refractivity contribution is 6.02. The average molecular weight is 294 g/mol. The molecule has 0 fully saturated rings. The Morgan fingerprint density at radius 1 is 1.24 bits per heavy atom. The molecule has 0 aliphatic rings. The molecule has 0 aliphatic heterocycles. The van der Waals surface area contributed by atoms with Gasteiger partial charge in [-0.15, -0.1) is 0 Å². The number of anilines is 1. The van der Waals surface area contributed by atoms with Gasteiger partial charge in [0.15, 0.2) is 0 Å². The monoisotopic (exact) mass is 294 g/mol. The smallest absolute Gasteiger partial charge is 0.320 e. The number of nitro benzene ring substituents is 1. The molecular weight excluding hydrogens is 287 g/mol. The van der Waals surface area contributed by atoms with E-state index in [1.54, 1.807) is 0 Å². The zero-order valence-corrected chi connectivity index (χ0v) is 10.2. The molecule has 2 aromatic rings. The van der Waals surface area contributed by atoms with Crippen LogP contribution in [0.15, 0.2) is 33.9 Å². The van der Waals surface area contributed by atoms with E-state index in [9.17, 15) is 28.9 Å². The molecule has 10 heteroatoms. The van der Waals surface area contributed by atoms with Crippen LogP contribution in [0.1, 0.15) is 10.5 Å². The lowest BCUT2D eigenvalue weighted by Crippen LogP contribution is -2.27. The minimum absolute atomic E-state index is 0.0609. The molecule has 0 saturated carbocycles. The molecule has 0 bridgehead atoms. The molecule has 21 heavy (non-hydrogen) atoms. The number of nitro groups is 1. The van der Waals surface area contributed by atoms with Crippen LogP contribution in [0, 0.1) is 15.9 Å². The molecular formula is C11H7FN4O5. The molecule has 2 rings (SSSR count). The fourth-order valence-corrected chi connectivity index (χ4v) is 1.52. The molecule has 0 unspecified atom stereocenters. The first-order valence-electron chi connectivity index (χ1n) is 5.46. The van der Waals surface area contributed by atoms with Crippen LogP contribution in [0.25, 0.3) is 0 Å².